The zero-order chi connectivity index (χ0) is 14.3. The van der Waals surface area contributed by atoms with Gasteiger partial charge in [-0.2, -0.15) is 4.31 Å². The first kappa shape index (κ1) is 14.1. The Kier molecular flexibility index (Phi) is 3.45. The van der Waals surface area contributed by atoms with Crippen LogP contribution in [0.4, 0.5) is 13.2 Å². The van der Waals surface area contributed by atoms with E-state index in [4.69, 9.17) is 5.73 Å². The van der Waals surface area contributed by atoms with E-state index < -0.39 is 22.1 Å². The SMILES string of the molecule is NC1CN(S(=O)(=O)c2ccc(OC(F)(F)F)cc2)C1. The van der Waals surface area contributed by atoms with Crippen LogP contribution in [0.2, 0.25) is 0 Å². The van der Waals surface area contributed by atoms with E-state index in [1.165, 1.54) is 0 Å². The van der Waals surface area contributed by atoms with Crippen LogP contribution in [0.3, 0.4) is 0 Å². The summed E-state index contributed by atoms with van der Waals surface area (Å²) < 4.78 is 64.6. The van der Waals surface area contributed by atoms with Crippen molar-refractivity contribution in [2.75, 3.05) is 13.1 Å². The van der Waals surface area contributed by atoms with Crippen LogP contribution in [0, 0.1) is 0 Å². The molecule has 106 valence electrons. The smallest absolute Gasteiger partial charge is 0.406 e. The predicted octanol–water partition coefficient (Wildman–Crippen LogP) is 0.917. The summed E-state index contributed by atoms with van der Waals surface area (Å²) in [5.74, 6) is -0.466. The molecule has 1 fully saturated rings. The zero-order valence-electron chi connectivity index (χ0n) is 9.59. The fourth-order valence-corrected chi connectivity index (χ4v) is 3.18. The van der Waals surface area contributed by atoms with E-state index in [1.54, 1.807) is 0 Å². The van der Waals surface area contributed by atoms with Gasteiger partial charge in [0.05, 0.1) is 4.90 Å². The number of alkyl halides is 3. The van der Waals surface area contributed by atoms with E-state index in [0.717, 1.165) is 28.6 Å². The quantitative estimate of drug-likeness (QED) is 0.900. The molecule has 1 aliphatic heterocycles. The standard InChI is InChI=1S/C10H11F3N2O3S/c11-10(12,13)18-8-1-3-9(4-2-8)19(16,17)15-5-7(14)6-15/h1-4,7H,5-6,14H2. The average Bonchev–Trinajstić information content (AvgIpc) is 2.23. The van der Waals surface area contributed by atoms with Crippen molar-refractivity contribution in [3.05, 3.63) is 24.3 Å². The van der Waals surface area contributed by atoms with Crippen LogP contribution in [-0.4, -0.2) is 38.2 Å². The Morgan fingerprint density at radius 3 is 2.16 bits per heavy atom. The molecule has 2 N–H and O–H groups in total. The van der Waals surface area contributed by atoms with Crippen molar-refractivity contribution in [2.24, 2.45) is 5.73 Å². The van der Waals surface area contributed by atoms with Gasteiger partial charge in [0.15, 0.2) is 0 Å². The lowest BCUT2D eigenvalue weighted by Crippen LogP contribution is -2.57. The molecule has 1 aromatic rings. The largest absolute Gasteiger partial charge is 0.573 e. The Labute approximate surface area is 107 Å². The molecule has 0 aliphatic carbocycles. The monoisotopic (exact) mass is 296 g/mol. The highest BCUT2D eigenvalue weighted by Crippen LogP contribution is 2.26. The Balaban J connectivity index is 2.14. The molecule has 1 aromatic carbocycles. The van der Waals surface area contributed by atoms with Gasteiger partial charge in [0, 0.05) is 19.1 Å². The van der Waals surface area contributed by atoms with Crippen LogP contribution in [0.5, 0.6) is 5.75 Å². The second kappa shape index (κ2) is 4.66. The lowest BCUT2D eigenvalue weighted by molar-refractivity contribution is -0.274. The number of sulfonamides is 1. The third kappa shape index (κ3) is 3.17. The van der Waals surface area contributed by atoms with E-state index in [0.29, 0.717) is 0 Å². The summed E-state index contributed by atoms with van der Waals surface area (Å²) in [6.07, 6.45) is -4.80. The zero-order valence-corrected chi connectivity index (χ0v) is 10.4. The topological polar surface area (TPSA) is 72.6 Å². The highest BCUT2D eigenvalue weighted by Gasteiger charge is 2.35. The van der Waals surface area contributed by atoms with Gasteiger partial charge >= 0.3 is 6.36 Å². The lowest BCUT2D eigenvalue weighted by Gasteiger charge is -2.35. The second-order valence-corrected chi connectivity index (χ2v) is 6.04. The van der Waals surface area contributed by atoms with E-state index >= 15 is 0 Å². The van der Waals surface area contributed by atoms with Crippen LogP contribution in [0.25, 0.3) is 0 Å². The van der Waals surface area contributed by atoms with Crippen LogP contribution in [0.1, 0.15) is 0 Å². The molecular formula is C10H11F3N2O3S. The summed E-state index contributed by atoms with van der Waals surface area (Å²) >= 11 is 0. The van der Waals surface area contributed by atoms with Crippen LogP contribution < -0.4 is 10.5 Å². The average molecular weight is 296 g/mol. The number of halogens is 3. The van der Waals surface area contributed by atoms with E-state index in [1.807, 2.05) is 0 Å². The van der Waals surface area contributed by atoms with Crippen molar-refractivity contribution in [3.8, 4) is 5.75 Å². The number of nitrogens with zero attached hydrogens (tertiary/aromatic N) is 1. The minimum absolute atomic E-state index is 0.0890. The van der Waals surface area contributed by atoms with Gasteiger partial charge in [-0.25, -0.2) is 8.42 Å². The molecule has 5 nitrogen and oxygen atoms in total. The minimum atomic E-state index is -4.80. The van der Waals surface area contributed by atoms with Gasteiger partial charge in [-0.05, 0) is 24.3 Å². The van der Waals surface area contributed by atoms with Gasteiger partial charge in [0.25, 0.3) is 0 Å². The van der Waals surface area contributed by atoms with Crippen molar-refractivity contribution < 1.29 is 26.3 Å². The molecule has 19 heavy (non-hydrogen) atoms. The highest BCUT2D eigenvalue weighted by atomic mass is 32.2. The molecule has 0 atom stereocenters. The summed E-state index contributed by atoms with van der Waals surface area (Å²) in [5, 5.41) is 0. The van der Waals surface area contributed by atoms with Crippen molar-refractivity contribution in [1.29, 1.82) is 0 Å². The van der Waals surface area contributed by atoms with Gasteiger partial charge in [-0.1, -0.05) is 0 Å². The first-order valence-electron chi connectivity index (χ1n) is 5.30. The predicted molar refractivity (Wildman–Crippen MR) is 59.9 cm³/mol. The second-order valence-electron chi connectivity index (χ2n) is 4.10. The fourth-order valence-electron chi connectivity index (χ4n) is 1.63. The molecule has 0 aromatic heterocycles. The maximum Gasteiger partial charge on any atom is 0.573 e. The van der Waals surface area contributed by atoms with Gasteiger partial charge in [0.1, 0.15) is 5.75 Å². The number of benzene rings is 1. The highest BCUT2D eigenvalue weighted by molar-refractivity contribution is 7.89. The van der Waals surface area contributed by atoms with Crippen molar-refractivity contribution in [2.45, 2.75) is 17.3 Å². The molecule has 1 heterocycles. The third-order valence-electron chi connectivity index (χ3n) is 2.57. The molecular weight excluding hydrogens is 285 g/mol. The number of nitrogens with two attached hydrogens (primary N) is 1. The molecule has 0 unspecified atom stereocenters. The summed E-state index contributed by atoms with van der Waals surface area (Å²) in [6, 6.07) is 3.86. The van der Waals surface area contributed by atoms with Gasteiger partial charge in [-0.3, -0.25) is 0 Å². The molecule has 0 bridgehead atoms. The molecule has 0 radical (unpaired) electrons. The molecule has 0 spiro atoms. The summed E-state index contributed by atoms with van der Waals surface area (Å²) in [5.41, 5.74) is 5.49. The summed E-state index contributed by atoms with van der Waals surface area (Å²) in [6.45, 7) is 0.423. The van der Waals surface area contributed by atoms with Gasteiger partial charge in [-0.15, -0.1) is 13.2 Å². The number of hydrogen-bond acceptors (Lipinski definition) is 4. The van der Waals surface area contributed by atoms with E-state index in [-0.39, 0.29) is 24.0 Å². The van der Waals surface area contributed by atoms with Crippen LogP contribution in [-0.2, 0) is 10.0 Å². The molecule has 9 heteroatoms. The summed E-state index contributed by atoms with van der Waals surface area (Å²) in [7, 11) is -3.68. The Morgan fingerprint density at radius 1 is 1.21 bits per heavy atom. The normalized spacial score (nSPS) is 18.1. The van der Waals surface area contributed by atoms with Crippen LogP contribution in [0.15, 0.2) is 29.2 Å². The van der Waals surface area contributed by atoms with E-state index in [9.17, 15) is 21.6 Å². The van der Waals surface area contributed by atoms with E-state index in [2.05, 4.69) is 4.74 Å². The van der Waals surface area contributed by atoms with Crippen molar-refractivity contribution in [3.63, 3.8) is 0 Å². The first-order valence-corrected chi connectivity index (χ1v) is 6.74. The first-order chi connectivity index (χ1) is 8.68. The molecule has 2 rings (SSSR count). The van der Waals surface area contributed by atoms with Gasteiger partial charge in [0.2, 0.25) is 10.0 Å². The number of ether oxygens (including phenoxy) is 1. The molecule has 0 saturated carbocycles. The molecule has 0 amide bonds. The van der Waals surface area contributed by atoms with Gasteiger partial charge < -0.3 is 10.5 Å². The Morgan fingerprint density at radius 2 is 1.74 bits per heavy atom. The lowest BCUT2D eigenvalue weighted by atomic mass is 10.2. The fraction of sp³-hybridized carbons (Fsp3) is 0.400. The Hall–Kier alpha value is -1.32. The molecule has 1 saturated heterocycles. The van der Waals surface area contributed by atoms with Crippen molar-refractivity contribution in [1.82, 2.24) is 4.31 Å². The maximum absolute atomic E-state index is 12.0. The third-order valence-corrected chi connectivity index (χ3v) is 4.42. The maximum atomic E-state index is 12.0. The number of rotatable bonds is 3. The minimum Gasteiger partial charge on any atom is -0.406 e. The van der Waals surface area contributed by atoms with Crippen molar-refractivity contribution >= 4 is 10.0 Å². The summed E-state index contributed by atoms with van der Waals surface area (Å²) in [4.78, 5) is -0.0890. The van der Waals surface area contributed by atoms with Crippen LogP contribution >= 0.6 is 0 Å². The number of hydrogen-bond donors (Lipinski definition) is 1. The Bertz CT molecular complexity index is 550. The molecule has 1 aliphatic rings.